The van der Waals surface area contributed by atoms with Gasteiger partial charge in [0.15, 0.2) is 0 Å². The van der Waals surface area contributed by atoms with Crippen LogP contribution < -0.4 is 10.6 Å². The number of hydrogen-bond donors (Lipinski definition) is 1. The molecule has 0 spiro atoms. The van der Waals surface area contributed by atoms with Crippen LogP contribution in [0.25, 0.3) is 0 Å². The van der Waals surface area contributed by atoms with Gasteiger partial charge in [0, 0.05) is 37.7 Å². The van der Waals surface area contributed by atoms with Gasteiger partial charge in [0.05, 0.1) is 0 Å². The van der Waals surface area contributed by atoms with E-state index in [-0.39, 0.29) is 6.04 Å². The molecule has 3 nitrogen and oxygen atoms in total. The molecule has 1 aromatic carbocycles. The summed E-state index contributed by atoms with van der Waals surface area (Å²) in [5, 5.41) is 0. The number of rotatable bonds is 6. The summed E-state index contributed by atoms with van der Waals surface area (Å²) in [6.45, 7) is 5.15. The van der Waals surface area contributed by atoms with Crippen molar-refractivity contribution in [1.29, 1.82) is 0 Å². The summed E-state index contributed by atoms with van der Waals surface area (Å²) in [6, 6.07) is 11.0. The lowest BCUT2D eigenvalue weighted by Crippen LogP contribution is -2.24. The molecule has 0 radical (unpaired) electrons. The van der Waals surface area contributed by atoms with E-state index >= 15 is 0 Å². The van der Waals surface area contributed by atoms with Crippen molar-refractivity contribution >= 4 is 5.69 Å². The fourth-order valence-electron chi connectivity index (χ4n) is 2.52. The molecule has 1 unspecified atom stereocenters. The van der Waals surface area contributed by atoms with Gasteiger partial charge >= 0.3 is 0 Å². The number of anilines is 1. The maximum absolute atomic E-state index is 6.15. The number of nitrogens with two attached hydrogens (primary N) is 1. The van der Waals surface area contributed by atoms with Crippen molar-refractivity contribution in [1.82, 2.24) is 4.98 Å². The van der Waals surface area contributed by atoms with Gasteiger partial charge in [-0.15, -0.1) is 0 Å². The predicted molar refractivity (Wildman–Crippen MR) is 89.5 cm³/mol. The van der Waals surface area contributed by atoms with Crippen LogP contribution in [0.15, 0.2) is 42.7 Å². The lowest BCUT2D eigenvalue weighted by atomic mass is 10.00. The quantitative estimate of drug-likeness (QED) is 0.884. The van der Waals surface area contributed by atoms with Crippen LogP contribution in [0.3, 0.4) is 0 Å². The molecule has 0 saturated carbocycles. The van der Waals surface area contributed by atoms with Gasteiger partial charge in [0.25, 0.3) is 0 Å². The molecule has 0 bridgehead atoms. The second-order valence-electron chi connectivity index (χ2n) is 5.72. The maximum Gasteiger partial charge on any atom is 0.0427 e. The largest absolute Gasteiger partial charge is 0.370 e. The molecule has 0 fully saturated rings. The van der Waals surface area contributed by atoms with Gasteiger partial charge < -0.3 is 10.6 Å². The molecule has 112 valence electrons. The average Bonchev–Trinajstić information content (AvgIpc) is 2.48. The summed E-state index contributed by atoms with van der Waals surface area (Å²) in [5.41, 5.74) is 11.3. The van der Waals surface area contributed by atoms with Crippen molar-refractivity contribution in [2.45, 2.75) is 39.3 Å². The zero-order chi connectivity index (χ0) is 15.2. The van der Waals surface area contributed by atoms with Crippen LogP contribution in [-0.2, 0) is 13.0 Å². The summed E-state index contributed by atoms with van der Waals surface area (Å²) in [6.07, 6.45) is 5.61. The Hall–Kier alpha value is -1.87. The Kier molecular flexibility index (Phi) is 5.34. The minimum atomic E-state index is 0.222. The average molecular weight is 283 g/mol. The summed E-state index contributed by atoms with van der Waals surface area (Å²) in [7, 11) is 2.13. The normalized spacial score (nSPS) is 12.2. The van der Waals surface area contributed by atoms with E-state index in [2.05, 4.69) is 61.1 Å². The van der Waals surface area contributed by atoms with Gasteiger partial charge in [-0.05, 0) is 49.1 Å². The molecule has 0 saturated heterocycles. The monoisotopic (exact) mass is 283 g/mol. The summed E-state index contributed by atoms with van der Waals surface area (Å²) in [4.78, 5) is 6.35. The van der Waals surface area contributed by atoms with Crippen molar-refractivity contribution < 1.29 is 0 Å². The number of aryl methyl sites for hydroxylation is 1. The number of benzene rings is 1. The summed E-state index contributed by atoms with van der Waals surface area (Å²) < 4.78 is 0. The van der Waals surface area contributed by atoms with E-state index in [0.717, 1.165) is 19.4 Å². The fourth-order valence-corrected chi connectivity index (χ4v) is 2.52. The molecule has 21 heavy (non-hydrogen) atoms. The van der Waals surface area contributed by atoms with Crippen molar-refractivity contribution in [2.24, 2.45) is 5.73 Å². The molecule has 1 heterocycles. The van der Waals surface area contributed by atoms with Gasteiger partial charge in [-0.2, -0.15) is 0 Å². The third-order valence-corrected chi connectivity index (χ3v) is 3.82. The highest BCUT2D eigenvalue weighted by atomic mass is 15.1. The van der Waals surface area contributed by atoms with Crippen LogP contribution in [0.5, 0.6) is 0 Å². The molecule has 0 aliphatic carbocycles. The molecular formula is C18H25N3. The second kappa shape index (κ2) is 7.23. The number of hydrogen-bond acceptors (Lipinski definition) is 3. The minimum absolute atomic E-state index is 0.222. The van der Waals surface area contributed by atoms with Gasteiger partial charge in [-0.25, -0.2) is 0 Å². The summed E-state index contributed by atoms with van der Waals surface area (Å²) >= 11 is 0. The number of pyridine rings is 1. The third kappa shape index (κ3) is 4.30. The Bertz CT molecular complexity index is 566. The van der Waals surface area contributed by atoms with Crippen LogP contribution >= 0.6 is 0 Å². The van der Waals surface area contributed by atoms with Gasteiger partial charge in [-0.3, -0.25) is 4.98 Å². The summed E-state index contributed by atoms with van der Waals surface area (Å²) in [5.74, 6) is 0. The van der Waals surface area contributed by atoms with Gasteiger partial charge in [0.1, 0.15) is 0 Å². The Morgan fingerprint density at radius 1 is 1.19 bits per heavy atom. The Balaban J connectivity index is 2.21. The molecule has 2 rings (SSSR count). The molecule has 0 aliphatic heterocycles. The van der Waals surface area contributed by atoms with Crippen LogP contribution in [0.2, 0.25) is 0 Å². The van der Waals surface area contributed by atoms with Crippen LogP contribution in [0.4, 0.5) is 5.69 Å². The zero-order valence-corrected chi connectivity index (χ0v) is 13.2. The van der Waals surface area contributed by atoms with Crippen molar-refractivity contribution in [3.8, 4) is 0 Å². The van der Waals surface area contributed by atoms with Crippen molar-refractivity contribution in [3.63, 3.8) is 0 Å². The Morgan fingerprint density at radius 3 is 2.57 bits per heavy atom. The van der Waals surface area contributed by atoms with E-state index in [9.17, 15) is 0 Å². The van der Waals surface area contributed by atoms with E-state index in [1.165, 1.54) is 22.4 Å². The SMILES string of the molecule is CCC(N)Cc1cc(C)ccc1N(C)Cc1ccncc1. The minimum Gasteiger partial charge on any atom is -0.370 e. The predicted octanol–water partition coefficient (Wildman–Crippen LogP) is 3.31. The first-order chi connectivity index (χ1) is 10.1. The Morgan fingerprint density at radius 2 is 1.90 bits per heavy atom. The number of aromatic nitrogens is 1. The van der Waals surface area contributed by atoms with E-state index in [1.807, 2.05) is 12.4 Å². The standard InChI is InChI=1S/C18H25N3/c1-4-17(19)12-16-11-14(2)5-6-18(16)21(3)13-15-7-9-20-10-8-15/h5-11,17H,4,12-13,19H2,1-3H3. The fraction of sp³-hybridized carbons (Fsp3) is 0.389. The lowest BCUT2D eigenvalue weighted by Gasteiger charge is -2.24. The molecule has 0 amide bonds. The van der Waals surface area contributed by atoms with Crippen molar-refractivity contribution in [3.05, 3.63) is 59.4 Å². The highest BCUT2D eigenvalue weighted by molar-refractivity contribution is 5.55. The molecular weight excluding hydrogens is 258 g/mol. The molecule has 0 aliphatic rings. The first-order valence-electron chi connectivity index (χ1n) is 7.55. The van der Waals surface area contributed by atoms with Gasteiger partial charge in [-0.1, -0.05) is 24.6 Å². The van der Waals surface area contributed by atoms with Crippen LogP contribution in [0, 0.1) is 6.92 Å². The first-order valence-corrected chi connectivity index (χ1v) is 7.55. The first kappa shape index (κ1) is 15.5. The van der Waals surface area contributed by atoms with Crippen LogP contribution in [0.1, 0.15) is 30.0 Å². The molecule has 2 aromatic rings. The topological polar surface area (TPSA) is 42.1 Å². The lowest BCUT2D eigenvalue weighted by molar-refractivity contribution is 0.645. The highest BCUT2D eigenvalue weighted by Crippen LogP contribution is 2.24. The smallest absolute Gasteiger partial charge is 0.0427 e. The van der Waals surface area contributed by atoms with Gasteiger partial charge in [0.2, 0.25) is 0 Å². The van der Waals surface area contributed by atoms with Crippen molar-refractivity contribution in [2.75, 3.05) is 11.9 Å². The van der Waals surface area contributed by atoms with E-state index in [1.54, 1.807) is 0 Å². The highest BCUT2D eigenvalue weighted by Gasteiger charge is 2.11. The second-order valence-corrected chi connectivity index (χ2v) is 5.72. The molecule has 1 aromatic heterocycles. The van der Waals surface area contributed by atoms with Crippen LogP contribution in [-0.4, -0.2) is 18.1 Å². The molecule has 1 atom stereocenters. The van der Waals surface area contributed by atoms with E-state index in [0.29, 0.717) is 0 Å². The Labute approximate surface area is 127 Å². The van der Waals surface area contributed by atoms with E-state index in [4.69, 9.17) is 5.73 Å². The molecule has 2 N–H and O–H groups in total. The zero-order valence-electron chi connectivity index (χ0n) is 13.2. The van der Waals surface area contributed by atoms with E-state index < -0.39 is 0 Å². The molecule has 3 heteroatoms. The third-order valence-electron chi connectivity index (χ3n) is 3.82. The number of nitrogens with zero attached hydrogens (tertiary/aromatic N) is 2. The maximum atomic E-state index is 6.15.